The van der Waals surface area contributed by atoms with Crippen molar-refractivity contribution in [2.75, 3.05) is 13.1 Å². The summed E-state index contributed by atoms with van der Waals surface area (Å²) in [5.41, 5.74) is 5.92. The number of nitrogens with two attached hydrogens (primary N) is 1. The number of nitrogens with zero attached hydrogens (tertiary/aromatic N) is 1. The molecule has 1 unspecified atom stereocenters. The first-order valence-electron chi connectivity index (χ1n) is 7.19. The molecular weight excluding hydrogens is 228 g/mol. The molecule has 106 valence electrons. The fourth-order valence-corrected chi connectivity index (χ4v) is 2.55. The van der Waals surface area contributed by atoms with E-state index < -0.39 is 6.04 Å². The van der Waals surface area contributed by atoms with E-state index >= 15 is 0 Å². The van der Waals surface area contributed by atoms with Gasteiger partial charge in [0.15, 0.2) is 0 Å². The molecule has 1 amide bonds. The summed E-state index contributed by atoms with van der Waals surface area (Å²) in [7, 11) is 0. The van der Waals surface area contributed by atoms with Crippen LogP contribution in [0.3, 0.4) is 0 Å². The largest absolute Gasteiger partial charge is 0.393 e. The molecule has 3 N–H and O–H groups in total. The standard InChI is InChI=1S/C14H28N2O2/c1-4-6-12(17)11-7-5-8-16(9-11)14(18)13(15)10(2)3/h10-13,17H,4-9,15H2,1-3H3/t11-,12?,13+/m1/s1. The first-order chi connectivity index (χ1) is 8.47. The number of piperidine rings is 1. The van der Waals surface area contributed by atoms with Crippen molar-refractivity contribution in [1.82, 2.24) is 4.90 Å². The molecule has 4 nitrogen and oxygen atoms in total. The monoisotopic (exact) mass is 256 g/mol. The molecule has 0 aliphatic carbocycles. The van der Waals surface area contributed by atoms with Crippen LogP contribution in [-0.2, 0) is 4.79 Å². The lowest BCUT2D eigenvalue weighted by molar-refractivity contribution is -0.136. The van der Waals surface area contributed by atoms with E-state index in [-0.39, 0.29) is 23.8 Å². The Labute approximate surface area is 111 Å². The highest BCUT2D eigenvalue weighted by molar-refractivity contribution is 5.82. The SMILES string of the molecule is CCCC(O)[C@@H]1CCCN(C(=O)[C@@H](N)C(C)C)C1. The molecule has 1 rings (SSSR count). The molecule has 1 saturated heterocycles. The van der Waals surface area contributed by atoms with Crippen LogP contribution in [0.5, 0.6) is 0 Å². The van der Waals surface area contributed by atoms with Crippen molar-refractivity contribution >= 4 is 5.91 Å². The maximum atomic E-state index is 12.2. The van der Waals surface area contributed by atoms with Crippen molar-refractivity contribution in [3.05, 3.63) is 0 Å². The highest BCUT2D eigenvalue weighted by Crippen LogP contribution is 2.23. The molecule has 0 aromatic carbocycles. The van der Waals surface area contributed by atoms with Crippen LogP contribution < -0.4 is 5.73 Å². The normalized spacial score (nSPS) is 24.1. The number of aliphatic hydroxyl groups is 1. The number of hydrogen-bond donors (Lipinski definition) is 2. The third kappa shape index (κ3) is 3.95. The summed E-state index contributed by atoms with van der Waals surface area (Å²) < 4.78 is 0. The number of hydrogen-bond acceptors (Lipinski definition) is 3. The van der Waals surface area contributed by atoms with Crippen molar-refractivity contribution in [1.29, 1.82) is 0 Å². The lowest BCUT2D eigenvalue weighted by Crippen LogP contribution is -2.51. The molecule has 4 heteroatoms. The molecule has 0 aromatic rings. The van der Waals surface area contributed by atoms with Gasteiger partial charge < -0.3 is 15.7 Å². The van der Waals surface area contributed by atoms with Gasteiger partial charge in [0.25, 0.3) is 0 Å². The van der Waals surface area contributed by atoms with Crippen molar-refractivity contribution in [2.24, 2.45) is 17.6 Å². The van der Waals surface area contributed by atoms with Crippen molar-refractivity contribution in [3.63, 3.8) is 0 Å². The van der Waals surface area contributed by atoms with E-state index in [1.807, 2.05) is 18.7 Å². The number of amides is 1. The fraction of sp³-hybridized carbons (Fsp3) is 0.929. The van der Waals surface area contributed by atoms with Gasteiger partial charge in [-0.1, -0.05) is 27.2 Å². The van der Waals surface area contributed by atoms with E-state index in [9.17, 15) is 9.90 Å². The first kappa shape index (κ1) is 15.4. The number of aliphatic hydroxyl groups excluding tert-OH is 1. The van der Waals surface area contributed by atoms with Gasteiger partial charge in [0.05, 0.1) is 12.1 Å². The minimum atomic E-state index is -0.410. The minimum Gasteiger partial charge on any atom is -0.393 e. The first-order valence-corrected chi connectivity index (χ1v) is 7.19. The fourth-order valence-electron chi connectivity index (χ4n) is 2.55. The van der Waals surface area contributed by atoms with Gasteiger partial charge in [-0.3, -0.25) is 4.79 Å². The highest BCUT2D eigenvalue weighted by Gasteiger charge is 2.30. The lowest BCUT2D eigenvalue weighted by Gasteiger charge is -2.36. The Kier molecular flexibility index (Phi) is 6.09. The minimum absolute atomic E-state index is 0.0402. The Morgan fingerprint density at radius 2 is 2.17 bits per heavy atom. The zero-order valence-corrected chi connectivity index (χ0v) is 11.9. The van der Waals surface area contributed by atoms with Crippen LogP contribution >= 0.6 is 0 Å². The van der Waals surface area contributed by atoms with Gasteiger partial charge in [0.1, 0.15) is 0 Å². The summed E-state index contributed by atoms with van der Waals surface area (Å²) in [6, 6.07) is -0.410. The zero-order valence-electron chi connectivity index (χ0n) is 11.9. The van der Waals surface area contributed by atoms with E-state index in [1.165, 1.54) is 0 Å². The van der Waals surface area contributed by atoms with Gasteiger partial charge in [0, 0.05) is 19.0 Å². The quantitative estimate of drug-likeness (QED) is 0.780. The topological polar surface area (TPSA) is 66.6 Å². The molecule has 0 saturated carbocycles. The second kappa shape index (κ2) is 7.10. The van der Waals surface area contributed by atoms with Crippen LogP contribution in [0.25, 0.3) is 0 Å². The molecule has 0 radical (unpaired) electrons. The highest BCUT2D eigenvalue weighted by atomic mass is 16.3. The van der Waals surface area contributed by atoms with Crippen LogP contribution in [0, 0.1) is 11.8 Å². The van der Waals surface area contributed by atoms with E-state index in [1.54, 1.807) is 0 Å². The van der Waals surface area contributed by atoms with Gasteiger partial charge in [-0.25, -0.2) is 0 Å². The summed E-state index contributed by atoms with van der Waals surface area (Å²) in [5.74, 6) is 0.429. The number of carbonyl (C=O) groups excluding carboxylic acids is 1. The molecular formula is C14H28N2O2. The molecule has 1 fully saturated rings. The van der Waals surface area contributed by atoms with Crippen LogP contribution in [-0.4, -0.2) is 41.1 Å². The Morgan fingerprint density at radius 1 is 1.50 bits per heavy atom. The Morgan fingerprint density at radius 3 is 2.72 bits per heavy atom. The summed E-state index contributed by atoms with van der Waals surface area (Å²) in [4.78, 5) is 14.0. The lowest BCUT2D eigenvalue weighted by atomic mass is 9.89. The predicted molar refractivity (Wildman–Crippen MR) is 73.0 cm³/mol. The Balaban J connectivity index is 2.55. The number of rotatable bonds is 5. The third-order valence-corrected chi connectivity index (χ3v) is 3.90. The molecule has 1 aliphatic heterocycles. The summed E-state index contributed by atoms with van der Waals surface area (Å²) in [6.07, 6.45) is 3.52. The summed E-state index contributed by atoms with van der Waals surface area (Å²) >= 11 is 0. The molecule has 0 spiro atoms. The second-order valence-electron chi connectivity index (χ2n) is 5.81. The van der Waals surface area contributed by atoms with Crippen molar-refractivity contribution in [3.8, 4) is 0 Å². The van der Waals surface area contributed by atoms with Gasteiger partial charge in [-0.15, -0.1) is 0 Å². The van der Waals surface area contributed by atoms with E-state index in [0.29, 0.717) is 6.54 Å². The summed E-state index contributed by atoms with van der Waals surface area (Å²) in [5, 5.41) is 10.1. The molecule has 0 bridgehead atoms. The van der Waals surface area contributed by atoms with Gasteiger partial charge in [-0.05, 0) is 25.2 Å². The average molecular weight is 256 g/mol. The Bertz CT molecular complexity index is 269. The predicted octanol–water partition coefficient (Wildman–Crippen LogP) is 1.37. The van der Waals surface area contributed by atoms with Crippen LogP contribution in [0.1, 0.15) is 46.5 Å². The maximum absolute atomic E-state index is 12.2. The Hall–Kier alpha value is -0.610. The zero-order chi connectivity index (χ0) is 13.7. The molecule has 1 heterocycles. The van der Waals surface area contributed by atoms with E-state index in [0.717, 1.165) is 32.2 Å². The molecule has 0 aromatic heterocycles. The third-order valence-electron chi connectivity index (χ3n) is 3.90. The molecule has 1 aliphatic rings. The van der Waals surface area contributed by atoms with Crippen LogP contribution in [0.4, 0.5) is 0 Å². The van der Waals surface area contributed by atoms with Crippen LogP contribution in [0.15, 0.2) is 0 Å². The second-order valence-corrected chi connectivity index (χ2v) is 5.81. The van der Waals surface area contributed by atoms with Gasteiger partial charge in [-0.2, -0.15) is 0 Å². The number of likely N-dealkylation sites (tertiary alicyclic amines) is 1. The van der Waals surface area contributed by atoms with Crippen LogP contribution in [0.2, 0.25) is 0 Å². The van der Waals surface area contributed by atoms with Gasteiger partial charge in [0.2, 0.25) is 5.91 Å². The summed E-state index contributed by atoms with van der Waals surface area (Å²) in [6.45, 7) is 7.46. The van der Waals surface area contributed by atoms with E-state index in [4.69, 9.17) is 5.73 Å². The average Bonchev–Trinajstić information content (AvgIpc) is 2.37. The smallest absolute Gasteiger partial charge is 0.239 e. The molecule has 18 heavy (non-hydrogen) atoms. The molecule has 3 atom stereocenters. The number of carbonyl (C=O) groups is 1. The maximum Gasteiger partial charge on any atom is 0.239 e. The van der Waals surface area contributed by atoms with Crippen molar-refractivity contribution in [2.45, 2.75) is 58.6 Å². The van der Waals surface area contributed by atoms with Crippen molar-refractivity contribution < 1.29 is 9.90 Å². The van der Waals surface area contributed by atoms with Gasteiger partial charge >= 0.3 is 0 Å². The van der Waals surface area contributed by atoms with E-state index in [2.05, 4.69) is 6.92 Å².